The number of hydrogen-bond donors (Lipinski definition) is 2. The number of hydrogen-bond acceptors (Lipinski definition) is 4. The lowest BCUT2D eigenvalue weighted by Crippen LogP contribution is -2.46. The molecule has 0 aliphatic carbocycles. The van der Waals surface area contributed by atoms with Crippen LogP contribution >= 0.6 is 0 Å². The molecule has 0 saturated carbocycles. The van der Waals surface area contributed by atoms with Crippen LogP contribution in [0.2, 0.25) is 0 Å². The van der Waals surface area contributed by atoms with Crippen LogP contribution in [0.3, 0.4) is 0 Å². The Morgan fingerprint density at radius 3 is 2.65 bits per heavy atom. The molecule has 1 saturated heterocycles. The van der Waals surface area contributed by atoms with Gasteiger partial charge in [-0.2, -0.15) is 0 Å². The fourth-order valence-corrected chi connectivity index (χ4v) is 3.35. The van der Waals surface area contributed by atoms with Gasteiger partial charge in [-0.15, -0.1) is 0 Å². The maximum absolute atomic E-state index is 13.3. The van der Waals surface area contributed by atoms with Gasteiger partial charge in [0, 0.05) is 39.3 Å². The Kier molecular flexibility index (Phi) is 5.09. The monoisotopic (exact) mass is 301 g/mol. The zero-order valence-electron chi connectivity index (χ0n) is 11.5. The van der Waals surface area contributed by atoms with Gasteiger partial charge < -0.3 is 5.32 Å². The topological polar surface area (TPSA) is 61.4 Å². The van der Waals surface area contributed by atoms with Gasteiger partial charge in [0.15, 0.2) is 0 Å². The number of halogens is 1. The molecule has 0 bridgehead atoms. The minimum Gasteiger partial charge on any atom is -0.314 e. The minimum atomic E-state index is -3.64. The Hall–Kier alpha value is -1.02. The van der Waals surface area contributed by atoms with E-state index >= 15 is 0 Å². The predicted octanol–water partition coefficient (Wildman–Crippen LogP) is 0.318. The molecule has 0 atom stereocenters. The van der Waals surface area contributed by atoms with E-state index in [1.807, 2.05) is 0 Å². The summed E-state index contributed by atoms with van der Waals surface area (Å²) in [6.45, 7) is 6.35. The van der Waals surface area contributed by atoms with Gasteiger partial charge in [-0.05, 0) is 30.7 Å². The third-order valence-electron chi connectivity index (χ3n) is 3.26. The highest BCUT2D eigenvalue weighted by atomic mass is 32.2. The van der Waals surface area contributed by atoms with Crippen molar-refractivity contribution in [2.24, 2.45) is 0 Å². The Morgan fingerprint density at radius 2 is 2.00 bits per heavy atom. The first-order valence-corrected chi connectivity index (χ1v) is 8.16. The van der Waals surface area contributed by atoms with E-state index in [0.29, 0.717) is 18.7 Å². The zero-order chi connectivity index (χ0) is 14.6. The Labute approximate surface area is 119 Å². The standard InChI is InChI=1S/C13H20FN3O2S/c1-11-8-12(14)10-13(9-11)20(18,19)16-4-7-17-5-2-15-3-6-17/h8-10,15-16H,2-7H2,1H3. The molecular formula is C13H20FN3O2S. The maximum atomic E-state index is 13.3. The molecule has 2 N–H and O–H groups in total. The summed E-state index contributed by atoms with van der Waals surface area (Å²) in [6, 6.07) is 3.82. The first-order valence-electron chi connectivity index (χ1n) is 6.67. The SMILES string of the molecule is Cc1cc(F)cc(S(=O)(=O)NCCN2CCNCC2)c1. The molecule has 20 heavy (non-hydrogen) atoms. The minimum absolute atomic E-state index is 0.0182. The van der Waals surface area contributed by atoms with Gasteiger partial charge >= 0.3 is 0 Å². The second-order valence-corrected chi connectivity index (χ2v) is 6.72. The number of benzene rings is 1. The van der Waals surface area contributed by atoms with E-state index in [0.717, 1.165) is 32.2 Å². The number of rotatable bonds is 5. The van der Waals surface area contributed by atoms with Crippen molar-refractivity contribution in [1.82, 2.24) is 14.9 Å². The van der Waals surface area contributed by atoms with E-state index < -0.39 is 15.8 Å². The molecule has 7 heteroatoms. The first kappa shape index (κ1) is 15.4. The van der Waals surface area contributed by atoms with Crippen LogP contribution in [-0.2, 0) is 10.0 Å². The molecule has 1 aromatic carbocycles. The van der Waals surface area contributed by atoms with Crippen molar-refractivity contribution in [1.29, 1.82) is 0 Å². The molecule has 5 nitrogen and oxygen atoms in total. The van der Waals surface area contributed by atoms with Gasteiger partial charge in [0.05, 0.1) is 4.90 Å². The van der Waals surface area contributed by atoms with Crippen molar-refractivity contribution >= 4 is 10.0 Å². The van der Waals surface area contributed by atoms with Crippen molar-refractivity contribution in [2.45, 2.75) is 11.8 Å². The Balaban J connectivity index is 1.93. The van der Waals surface area contributed by atoms with Crippen molar-refractivity contribution in [2.75, 3.05) is 39.3 Å². The van der Waals surface area contributed by atoms with Crippen LogP contribution in [0.25, 0.3) is 0 Å². The smallest absolute Gasteiger partial charge is 0.240 e. The molecule has 0 aromatic heterocycles. The highest BCUT2D eigenvalue weighted by Gasteiger charge is 2.16. The molecule has 0 radical (unpaired) electrons. The summed E-state index contributed by atoms with van der Waals surface area (Å²) in [7, 11) is -3.64. The lowest BCUT2D eigenvalue weighted by molar-refractivity contribution is 0.245. The largest absolute Gasteiger partial charge is 0.314 e. The summed E-state index contributed by atoms with van der Waals surface area (Å²) >= 11 is 0. The van der Waals surface area contributed by atoms with Crippen LogP contribution in [0, 0.1) is 12.7 Å². The number of aryl methyl sites for hydroxylation is 1. The van der Waals surface area contributed by atoms with Crippen LogP contribution < -0.4 is 10.0 Å². The molecule has 0 unspecified atom stereocenters. The average molecular weight is 301 g/mol. The summed E-state index contributed by atoms with van der Waals surface area (Å²) in [5.74, 6) is -0.535. The van der Waals surface area contributed by atoms with Crippen molar-refractivity contribution in [3.63, 3.8) is 0 Å². The van der Waals surface area contributed by atoms with E-state index in [1.54, 1.807) is 6.92 Å². The normalized spacial score (nSPS) is 17.3. The lowest BCUT2D eigenvalue weighted by atomic mass is 10.2. The van der Waals surface area contributed by atoms with Crippen molar-refractivity contribution in [3.05, 3.63) is 29.6 Å². The maximum Gasteiger partial charge on any atom is 0.240 e. The highest BCUT2D eigenvalue weighted by Crippen LogP contribution is 2.13. The van der Waals surface area contributed by atoms with Crippen LogP contribution in [0.1, 0.15) is 5.56 Å². The Bertz CT molecular complexity index is 536. The van der Waals surface area contributed by atoms with E-state index in [1.165, 1.54) is 12.1 Å². The lowest BCUT2D eigenvalue weighted by Gasteiger charge is -2.27. The fraction of sp³-hybridized carbons (Fsp3) is 0.538. The van der Waals surface area contributed by atoms with Crippen LogP contribution in [-0.4, -0.2) is 52.6 Å². The highest BCUT2D eigenvalue weighted by molar-refractivity contribution is 7.89. The Morgan fingerprint density at radius 1 is 1.30 bits per heavy atom. The van der Waals surface area contributed by atoms with E-state index in [4.69, 9.17) is 0 Å². The molecule has 0 amide bonds. The van der Waals surface area contributed by atoms with Crippen molar-refractivity contribution < 1.29 is 12.8 Å². The summed E-state index contributed by atoms with van der Waals surface area (Å²) in [5, 5.41) is 3.24. The van der Waals surface area contributed by atoms with Gasteiger partial charge in [-0.1, -0.05) is 0 Å². The predicted molar refractivity (Wildman–Crippen MR) is 75.6 cm³/mol. The van der Waals surface area contributed by atoms with Crippen LogP contribution in [0.5, 0.6) is 0 Å². The van der Waals surface area contributed by atoms with Crippen LogP contribution in [0.4, 0.5) is 4.39 Å². The van der Waals surface area contributed by atoms with Gasteiger partial charge in [-0.25, -0.2) is 17.5 Å². The van der Waals surface area contributed by atoms with Crippen LogP contribution in [0.15, 0.2) is 23.1 Å². The number of piperazine rings is 1. The molecular weight excluding hydrogens is 281 g/mol. The van der Waals surface area contributed by atoms with E-state index in [9.17, 15) is 12.8 Å². The molecule has 1 aliphatic heterocycles. The average Bonchev–Trinajstić information content (AvgIpc) is 2.38. The second kappa shape index (κ2) is 6.62. The molecule has 1 heterocycles. The van der Waals surface area contributed by atoms with E-state index in [-0.39, 0.29) is 4.90 Å². The second-order valence-electron chi connectivity index (χ2n) is 4.95. The molecule has 1 fully saturated rings. The quantitative estimate of drug-likeness (QED) is 0.822. The molecule has 0 spiro atoms. The molecule has 112 valence electrons. The van der Waals surface area contributed by atoms with Crippen molar-refractivity contribution in [3.8, 4) is 0 Å². The third kappa shape index (κ3) is 4.24. The van der Waals surface area contributed by atoms with Gasteiger partial charge in [-0.3, -0.25) is 4.90 Å². The fourth-order valence-electron chi connectivity index (χ4n) is 2.21. The summed E-state index contributed by atoms with van der Waals surface area (Å²) in [6.07, 6.45) is 0. The van der Waals surface area contributed by atoms with Gasteiger partial charge in [0.25, 0.3) is 0 Å². The summed E-state index contributed by atoms with van der Waals surface area (Å²) in [4.78, 5) is 2.17. The van der Waals surface area contributed by atoms with Gasteiger partial charge in [0.1, 0.15) is 5.82 Å². The third-order valence-corrected chi connectivity index (χ3v) is 4.70. The number of sulfonamides is 1. The molecule has 2 rings (SSSR count). The zero-order valence-corrected chi connectivity index (χ0v) is 12.3. The number of nitrogens with one attached hydrogen (secondary N) is 2. The molecule has 1 aliphatic rings. The van der Waals surface area contributed by atoms with Gasteiger partial charge in [0.2, 0.25) is 10.0 Å². The first-order chi connectivity index (χ1) is 9.47. The summed E-state index contributed by atoms with van der Waals surface area (Å²) in [5.41, 5.74) is 0.590. The van der Waals surface area contributed by atoms with E-state index in [2.05, 4.69) is 14.9 Å². The molecule has 1 aromatic rings. The number of nitrogens with zero attached hydrogens (tertiary/aromatic N) is 1. The summed E-state index contributed by atoms with van der Waals surface area (Å²) < 4.78 is 39.9.